The Morgan fingerprint density at radius 2 is 1.93 bits per heavy atom. The molecular formula is C23H18INO4. The molecule has 0 radical (unpaired) electrons. The molecule has 1 aliphatic rings. The smallest absolute Gasteiger partial charge is 0.363 e. The highest BCUT2D eigenvalue weighted by Crippen LogP contribution is 2.35. The number of rotatable bonds is 5. The van der Waals surface area contributed by atoms with Crippen LogP contribution in [0.1, 0.15) is 18.1 Å². The van der Waals surface area contributed by atoms with Crippen molar-refractivity contribution in [1.82, 2.24) is 0 Å². The average Bonchev–Trinajstić information content (AvgIpc) is 3.09. The molecule has 0 unspecified atom stereocenters. The van der Waals surface area contributed by atoms with E-state index in [2.05, 4.69) is 27.6 Å². The SMILES string of the molecule is CCOc1c(I)cc(/C=C2/N=C(c3cccc4ccccc34)OC2=O)cc1OC. The van der Waals surface area contributed by atoms with Gasteiger partial charge in [0.05, 0.1) is 17.3 Å². The Morgan fingerprint density at radius 3 is 2.72 bits per heavy atom. The second kappa shape index (κ2) is 8.24. The van der Waals surface area contributed by atoms with Crippen LogP contribution in [0, 0.1) is 3.57 Å². The topological polar surface area (TPSA) is 57.1 Å². The molecule has 3 aromatic carbocycles. The second-order valence-electron chi connectivity index (χ2n) is 6.33. The monoisotopic (exact) mass is 499 g/mol. The average molecular weight is 499 g/mol. The zero-order valence-electron chi connectivity index (χ0n) is 15.9. The lowest BCUT2D eigenvalue weighted by Gasteiger charge is -2.12. The number of aliphatic imine (C=N–C) groups is 1. The minimum atomic E-state index is -0.476. The molecule has 1 heterocycles. The van der Waals surface area contributed by atoms with Crippen LogP contribution in [0.2, 0.25) is 0 Å². The van der Waals surface area contributed by atoms with E-state index in [9.17, 15) is 4.79 Å². The van der Waals surface area contributed by atoms with Crippen molar-refractivity contribution in [2.45, 2.75) is 6.92 Å². The molecule has 0 atom stereocenters. The van der Waals surface area contributed by atoms with Crippen molar-refractivity contribution in [2.24, 2.45) is 4.99 Å². The van der Waals surface area contributed by atoms with Gasteiger partial charge in [0.1, 0.15) is 0 Å². The van der Waals surface area contributed by atoms with E-state index < -0.39 is 5.97 Å². The van der Waals surface area contributed by atoms with Crippen LogP contribution >= 0.6 is 22.6 Å². The maximum Gasteiger partial charge on any atom is 0.363 e. The van der Waals surface area contributed by atoms with Crippen LogP contribution in [-0.4, -0.2) is 25.6 Å². The maximum atomic E-state index is 12.4. The molecule has 0 fully saturated rings. The van der Waals surface area contributed by atoms with E-state index in [1.807, 2.05) is 61.5 Å². The number of carbonyl (C=O) groups is 1. The molecule has 0 saturated heterocycles. The fraction of sp³-hybridized carbons (Fsp3) is 0.130. The summed E-state index contributed by atoms with van der Waals surface area (Å²) in [5.74, 6) is 1.13. The number of esters is 1. The summed E-state index contributed by atoms with van der Waals surface area (Å²) in [7, 11) is 1.59. The molecule has 5 nitrogen and oxygen atoms in total. The summed E-state index contributed by atoms with van der Waals surface area (Å²) in [5.41, 5.74) is 1.82. The number of hydrogen-bond donors (Lipinski definition) is 0. The first-order chi connectivity index (χ1) is 14.1. The largest absolute Gasteiger partial charge is 0.493 e. The van der Waals surface area contributed by atoms with Crippen molar-refractivity contribution >= 4 is 51.3 Å². The van der Waals surface area contributed by atoms with Crippen LogP contribution in [0.15, 0.2) is 65.3 Å². The van der Waals surface area contributed by atoms with Crippen molar-refractivity contribution in [3.8, 4) is 11.5 Å². The molecule has 1 aliphatic heterocycles. The van der Waals surface area contributed by atoms with E-state index in [1.54, 1.807) is 13.2 Å². The van der Waals surface area contributed by atoms with E-state index in [0.29, 0.717) is 24.0 Å². The number of hydrogen-bond acceptors (Lipinski definition) is 5. The van der Waals surface area contributed by atoms with Gasteiger partial charge in [-0.25, -0.2) is 9.79 Å². The van der Waals surface area contributed by atoms with E-state index in [4.69, 9.17) is 14.2 Å². The van der Waals surface area contributed by atoms with Crippen molar-refractivity contribution < 1.29 is 19.0 Å². The van der Waals surface area contributed by atoms with E-state index >= 15 is 0 Å². The standard InChI is InChI=1S/C23H18INO4/c1-3-28-21-18(24)11-14(13-20(21)27-2)12-19-23(26)29-22(25-19)17-10-6-8-15-7-4-5-9-16(15)17/h4-13H,3H2,1-2H3/b19-12+. The lowest BCUT2D eigenvalue weighted by atomic mass is 10.0. The molecule has 0 aliphatic carbocycles. The molecule has 3 aromatic rings. The maximum absolute atomic E-state index is 12.4. The zero-order chi connectivity index (χ0) is 20.4. The summed E-state index contributed by atoms with van der Waals surface area (Å²) in [5, 5.41) is 2.05. The van der Waals surface area contributed by atoms with Crippen molar-refractivity contribution in [3.63, 3.8) is 0 Å². The molecule has 0 bridgehead atoms. The molecule has 0 N–H and O–H groups in total. The van der Waals surface area contributed by atoms with Crippen LogP contribution in [0.4, 0.5) is 0 Å². The fourth-order valence-electron chi connectivity index (χ4n) is 3.20. The van der Waals surface area contributed by atoms with Gasteiger partial charge >= 0.3 is 5.97 Å². The summed E-state index contributed by atoms with van der Waals surface area (Å²) in [6.07, 6.45) is 1.70. The normalized spacial score (nSPS) is 14.8. The predicted octanol–water partition coefficient (Wildman–Crippen LogP) is 5.20. The number of cyclic esters (lactones) is 1. The highest BCUT2D eigenvalue weighted by Gasteiger charge is 2.25. The van der Waals surface area contributed by atoms with Gasteiger partial charge in [-0.15, -0.1) is 0 Å². The molecule has 4 rings (SSSR count). The summed E-state index contributed by atoms with van der Waals surface area (Å²) >= 11 is 2.19. The second-order valence-corrected chi connectivity index (χ2v) is 7.49. The quantitative estimate of drug-likeness (QED) is 0.275. The number of fused-ring (bicyclic) bond motifs is 1. The highest BCUT2D eigenvalue weighted by atomic mass is 127. The zero-order valence-corrected chi connectivity index (χ0v) is 18.1. The van der Waals surface area contributed by atoms with Crippen LogP contribution in [0.3, 0.4) is 0 Å². The van der Waals surface area contributed by atoms with Crippen LogP contribution < -0.4 is 9.47 Å². The van der Waals surface area contributed by atoms with Gasteiger partial charge < -0.3 is 14.2 Å². The van der Waals surface area contributed by atoms with Gasteiger partial charge in [-0.1, -0.05) is 36.4 Å². The first-order valence-electron chi connectivity index (χ1n) is 9.11. The molecule has 0 amide bonds. The predicted molar refractivity (Wildman–Crippen MR) is 121 cm³/mol. The van der Waals surface area contributed by atoms with Gasteiger partial charge in [0.25, 0.3) is 0 Å². The number of ether oxygens (including phenoxy) is 3. The molecule has 146 valence electrons. The summed E-state index contributed by atoms with van der Waals surface area (Å²) in [4.78, 5) is 16.9. The number of carbonyl (C=O) groups excluding carboxylic acids is 1. The Kier molecular flexibility index (Phi) is 5.53. The Balaban J connectivity index is 1.74. The number of methoxy groups -OCH3 is 1. The third-order valence-corrected chi connectivity index (χ3v) is 5.29. The Morgan fingerprint density at radius 1 is 1.14 bits per heavy atom. The molecule has 0 aromatic heterocycles. The Bertz CT molecular complexity index is 1160. The third kappa shape index (κ3) is 3.85. The highest BCUT2D eigenvalue weighted by molar-refractivity contribution is 14.1. The molecule has 6 heteroatoms. The fourth-order valence-corrected chi connectivity index (χ4v) is 3.98. The number of nitrogens with zero attached hydrogens (tertiary/aromatic N) is 1. The third-order valence-electron chi connectivity index (χ3n) is 4.48. The summed E-state index contributed by atoms with van der Waals surface area (Å²) in [6.45, 7) is 2.46. The van der Waals surface area contributed by atoms with Gasteiger partial charge in [0.2, 0.25) is 5.90 Å². The van der Waals surface area contributed by atoms with Gasteiger partial charge in [-0.3, -0.25) is 0 Å². The first-order valence-corrected chi connectivity index (χ1v) is 10.2. The van der Waals surface area contributed by atoms with E-state index in [-0.39, 0.29) is 5.70 Å². The van der Waals surface area contributed by atoms with Crippen LogP contribution in [0.5, 0.6) is 11.5 Å². The van der Waals surface area contributed by atoms with Gasteiger partial charge in [0, 0.05) is 5.56 Å². The van der Waals surface area contributed by atoms with Crippen molar-refractivity contribution in [2.75, 3.05) is 13.7 Å². The minimum absolute atomic E-state index is 0.245. The first kappa shape index (κ1) is 19.4. The summed E-state index contributed by atoms with van der Waals surface area (Å²) in [6, 6.07) is 17.5. The van der Waals surface area contributed by atoms with Gasteiger partial charge in [-0.05, 0) is 70.1 Å². The lowest BCUT2D eigenvalue weighted by Crippen LogP contribution is -2.05. The van der Waals surface area contributed by atoms with Crippen molar-refractivity contribution in [3.05, 3.63) is 75.0 Å². The molecule has 0 spiro atoms. The van der Waals surface area contributed by atoms with Gasteiger partial charge in [0.15, 0.2) is 17.2 Å². The Hall–Kier alpha value is -2.87. The number of halogens is 1. The molecule has 29 heavy (non-hydrogen) atoms. The summed E-state index contributed by atoms with van der Waals surface area (Å²) < 4.78 is 17.4. The molecule has 0 saturated carbocycles. The van der Waals surface area contributed by atoms with Crippen LogP contribution in [-0.2, 0) is 9.53 Å². The van der Waals surface area contributed by atoms with Crippen molar-refractivity contribution in [1.29, 1.82) is 0 Å². The van der Waals surface area contributed by atoms with E-state index in [0.717, 1.165) is 25.5 Å². The van der Waals surface area contributed by atoms with Crippen LogP contribution in [0.25, 0.3) is 16.8 Å². The number of benzene rings is 3. The molecular weight excluding hydrogens is 481 g/mol. The van der Waals surface area contributed by atoms with E-state index in [1.165, 1.54) is 0 Å². The Labute approximate surface area is 182 Å². The minimum Gasteiger partial charge on any atom is -0.493 e. The lowest BCUT2D eigenvalue weighted by molar-refractivity contribution is -0.129. The van der Waals surface area contributed by atoms with Gasteiger partial charge in [-0.2, -0.15) is 0 Å².